The largest absolute Gasteiger partial charge is 0.456 e. The summed E-state index contributed by atoms with van der Waals surface area (Å²) < 4.78 is 6.43. The molecular weight excluding hydrogens is 350 g/mol. The fourth-order valence-electron chi connectivity index (χ4n) is 2.00. The Kier molecular flexibility index (Phi) is 4.73. The molecule has 6 nitrogen and oxygen atoms in total. The molecule has 0 aliphatic heterocycles. The van der Waals surface area contributed by atoms with Gasteiger partial charge in [0.1, 0.15) is 12.3 Å². The molecule has 3 aromatic heterocycles. The van der Waals surface area contributed by atoms with Crippen LogP contribution in [0.4, 0.5) is 0 Å². The average molecular weight is 362 g/mol. The lowest BCUT2D eigenvalue weighted by Gasteiger charge is -2.04. The summed E-state index contributed by atoms with van der Waals surface area (Å²) >= 11 is 7.35. The normalized spacial score (nSPS) is 11.2. The van der Waals surface area contributed by atoms with Crippen molar-refractivity contribution in [1.29, 1.82) is 0 Å². The predicted molar refractivity (Wildman–Crippen MR) is 92.2 cm³/mol. The minimum Gasteiger partial charge on any atom is -0.456 e. The second-order valence-corrected chi connectivity index (χ2v) is 6.39. The van der Waals surface area contributed by atoms with Crippen molar-refractivity contribution in [2.75, 3.05) is 0 Å². The summed E-state index contributed by atoms with van der Waals surface area (Å²) in [5.74, 6) is -0.529. The first-order valence-corrected chi connectivity index (χ1v) is 8.22. The number of pyridine rings is 1. The Balaban J connectivity index is 1.69. The smallest absolute Gasteiger partial charge is 0.331 e. The van der Waals surface area contributed by atoms with Crippen LogP contribution in [0.3, 0.4) is 0 Å². The van der Waals surface area contributed by atoms with Crippen molar-refractivity contribution in [3.8, 4) is 0 Å². The van der Waals surface area contributed by atoms with Crippen molar-refractivity contribution in [1.82, 2.24) is 14.4 Å². The molecule has 0 saturated heterocycles. The van der Waals surface area contributed by atoms with Crippen LogP contribution in [-0.2, 0) is 16.1 Å². The van der Waals surface area contributed by atoms with Crippen molar-refractivity contribution < 1.29 is 9.53 Å². The lowest BCUT2D eigenvalue weighted by Crippen LogP contribution is -2.16. The zero-order chi connectivity index (χ0) is 17.1. The van der Waals surface area contributed by atoms with Gasteiger partial charge in [0.15, 0.2) is 0 Å². The molecule has 8 heteroatoms. The summed E-state index contributed by atoms with van der Waals surface area (Å²) in [5.41, 5.74) is 1.22. The Morgan fingerprint density at radius 2 is 2.25 bits per heavy atom. The molecule has 122 valence electrons. The maximum absolute atomic E-state index is 12.0. The van der Waals surface area contributed by atoms with Crippen molar-refractivity contribution in [3.05, 3.63) is 67.6 Å². The predicted octanol–water partition coefficient (Wildman–Crippen LogP) is 2.87. The molecule has 0 bridgehead atoms. The van der Waals surface area contributed by atoms with Crippen LogP contribution in [-0.4, -0.2) is 20.3 Å². The highest BCUT2D eigenvalue weighted by molar-refractivity contribution is 7.09. The third-order valence-corrected chi connectivity index (χ3v) is 4.08. The van der Waals surface area contributed by atoms with Crippen LogP contribution < -0.4 is 5.56 Å². The van der Waals surface area contributed by atoms with E-state index < -0.39 is 5.97 Å². The number of esters is 1. The SMILES string of the molecule is Cc1nc(/C=C/C(=O)OCc2cc(=O)n3cc(Cl)ccc3n2)cs1. The summed E-state index contributed by atoms with van der Waals surface area (Å²) in [5, 5.41) is 3.20. The van der Waals surface area contributed by atoms with Crippen LogP contribution in [0.15, 0.2) is 40.6 Å². The van der Waals surface area contributed by atoms with Crippen LogP contribution in [0.25, 0.3) is 11.7 Å². The topological polar surface area (TPSA) is 73.6 Å². The van der Waals surface area contributed by atoms with Gasteiger partial charge in [-0.2, -0.15) is 0 Å². The molecule has 0 aliphatic carbocycles. The van der Waals surface area contributed by atoms with E-state index in [1.165, 1.54) is 34.1 Å². The maximum atomic E-state index is 12.0. The number of hydrogen-bond acceptors (Lipinski definition) is 6. The van der Waals surface area contributed by atoms with Crippen LogP contribution >= 0.6 is 22.9 Å². The molecule has 24 heavy (non-hydrogen) atoms. The number of rotatable bonds is 4. The van der Waals surface area contributed by atoms with E-state index in [4.69, 9.17) is 16.3 Å². The third-order valence-electron chi connectivity index (χ3n) is 3.07. The van der Waals surface area contributed by atoms with Gasteiger partial charge in [-0.1, -0.05) is 11.6 Å². The van der Waals surface area contributed by atoms with Crippen LogP contribution in [0.1, 0.15) is 16.4 Å². The number of halogens is 1. The lowest BCUT2D eigenvalue weighted by atomic mass is 10.4. The quantitative estimate of drug-likeness (QED) is 0.527. The number of ether oxygens (including phenoxy) is 1. The molecule has 0 atom stereocenters. The molecule has 3 aromatic rings. The van der Waals surface area contributed by atoms with Gasteiger partial charge in [0.2, 0.25) is 0 Å². The highest BCUT2D eigenvalue weighted by atomic mass is 35.5. The van der Waals surface area contributed by atoms with Gasteiger partial charge in [-0.15, -0.1) is 11.3 Å². The van der Waals surface area contributed by atoms with Crippen LogP contribution in [0.5, 0.6) is 0 Å². The molecule has 3 heterocycles. The van der Waals surface area contributed by atoms with E-state index in [2.05, 4.69) is 9.97 Å². The van der Waals surface area contributed by atoms with E-state index in [1.807, 2.05) is 12.3 Å². The molecular formula is C16H12ClN3O3S. The highest BCUT2D eigenvalue weighted by Crippen LogP contribution is 2.10. The standard InChI is InChI=1S/C16H12ClN3O3S/c1-10-18-12(9-24-10)3-5-16(22)23-8-13-6-15(21)20-7-11(17)2-4-14(20)19-13/h2-7,9H,8H2,1H3/b5-3+. The van der Waals surface area contributed by atoms with E-state index in [0.29, 0.717) is 22.1 Å². The van der Waals surface area contributed by atoms with Crippen molar-refractivity contribution in [2.24, 2.45) is 0 Å². The maximum Gasteiger partial charge on any atom is 0.331 e. The molecule has 0 radical (unpaired) electrons. The summed E-state index contributed by atoms with van der Waals surface area (Å²) in [6.45, 7) is 1.80. The molecule has 0 amide bonds. The number of carbonyl (C=O) groups excluding carboxylic acids is 1. The Morgan fingerprint density at radius 3 is 3.00 bits per heavy atom. The third kappa shape index (κ3) is 3.87. The zero-order valence-electron chi connectivity index (χ0n) is 12.6. The summed E-state index contributed by atoms with van der Waals surface area (Å²) in [4.78, 5) is 32.2. The van der Waals surface area contributed by atoms with Gasteiger partial charge in [-0.25, -0.2) is 14.8 Å². The Hall–Kier alpha value is -2.51. The second-order valence-electron chi connectivity index (χ2n) is 4.89. The number of aryl methyl sites for hydroxylation is 1. The number of aromatic nitrogens is 3. The molecule has 0 fully saturated rings. The fraction of sp³-hybridized carbons (Fsp3) is 0.125. The minimum atomic E-state index is -0.529. The van der Waals surface area contributed by atoms with E-state index in [0.717, 1.165) is 5.01 Å². The van der Waals surface area contributed by atoms with Gasteiger partial charge < -0.3 is 4.74 Å². The molecule has 0 spiro atoms. The minimum absolute atomic E-state index is 0.0896. The summed E-state index contributed by atoms with van der Waals surface area (Å²) in [6.07, 6.45) is 4.36. The molecule has 0 aliphatic rings. The molecule has 0 saturated carbocycles. The molecule has 0 N–H and O–H groups in total. The molecule has 0 unspecified atom stereocenters. The monoisotopic (exact) mass is 361 g/mol. The van der Waals surface area contributed by atoms with Gasteiger partial charge >= 0.3 is 5.97 Å². The van der Waals surface area contributed by atoms with Crippen molar-refractivity contribution in [3.63, 3.8) is 0 Å². The van der Waals surface area contributed by atoms with Crippen molar-refractivity contribution in [2.45, 2.75) is 13.5 Å². The number of carbonyl (C=O) groups is 1. The summed E-state index contributed by atoms with van der Waals surface area (Å²) in [7, 11) is 0. The zero-order valence-corrected chi connectivity index (χ0v) is 14.2. The van der Waals surface area contributed by atoms with Gasteiger partial charge in [-0.05, 0) is 25.1 Å². The van der Waals surface area contributed by atoms with Gasteiger partial charge in [0.25, 0.3) is 5.56 Å². The number of hydrogen-bond donors (Lipinski definition) is 0. The first-order valence-electron chi connectivity index (χ1n) is 6.96. The Morgan fingerprint density at radius 1 is 1.42 bits per heavy atom. The Labute approximate surface area is 146 Å². The number of thiazole rings is 1. The first kappa shape index (κ1) is 16.4. The van der Waals surface area contributed by atoms with E-state index >= 15 is 0 Å². The van der Waals surface area contributed by atoms with E-state index in [9.17, 15) is 9.59 Å². The molecule has 0 aromatic carbocycles. The van der Waals surface area contributed by atoms with Crippen LogP contribution in [0, 0.1) is 6.92 Å². The Bertz CT molecular complexity index is 994. The van der Waals surface area contributed by atoms with E-state index in [1.54, 1.807) is 18.2 Å². The number of fused-ring (bicyclic) bond motifs is 1. The highest BCUT2D eigenvalue weighted by Gasteiger charge is 2.05. The summed E-state index contributed by atoms with van der Waals surface area (Å²) in [6, 6.07) is 4.57. The van der Waals surface area contributed by atoms with Gasteiger partial charge in [0.05, 0.1) is 21.4 Å². The van der Waals surface area contributed by atoms with Crippen LogP contribution in [0.2, 0.25) is 5.02 Å². The van der Waals surface area contributed by atoms with Crippen molar-refractivity contribution >= 4 is 40.6 Å². The van der Waals surface area contributed by atoms with Gasteiger partial charge in [-0.3, -0.25) is 9.20 Å². The first-order chi connectivity index (χ1) is 11.5. The fourth-order valence-corrected chi connectivity index (χ4v) is 2.74. The van der Waals surface area contributed by atoms with E-state index in [-0.39, 0.29) is 12.2 Å². The lowest BCUT2D eigenvalue weighted by molar-refractivity contribution is -0.139. The molecule has 3 rings (SSSR count). The number of nitrogens with zero attached hydrogens (tertiary/aromatic N) is 3. The van der Waals surface area contributed by atoms with Gasteiger partial charge in [0, 0.05) is 23.7 Å². The second kappa shape index (κ2) is 6.94. The average Bonchev–Trinajstić information content (AvgIpc) is 2.97.